The molecule has 2 saturated heterocycles. The summed E-state index contributed by atoms with van der Waals surface area (Å²) in [6.45, 7) is 4.30. The Kier molecular flexibility index (Phi) is 9.67. The molecule has 0 aromatic heterocycles. The highest BCUT2D eigenvalue weighted by atomic mass is 16.5. The maximum atomic E-state index is 14.3. The van der Waals surface area contributed by atoms with Crippen LogP contribution >= 0.6 is 0 Å². The summed E-state index contributed by atoms with van der Waals surface area (Å²) >= 11 is 0. The molecular formula is C34H45N3O6. The van der Waals surface area contributed by atoms with Crippen LogP contribution in [0.1, 0.15) is 83.6 Å². The van der Waals surface area contributed by atoms with E-state index in [0.717, 1.165) is 44.1 Å². The van der Waals surface area contributed by atoms with Crippen molar-refractivity contribution in [2.45, 2.75) is 103 Å². The fourth-order valence-corrected chi connectivity index (χ4v) is 7.23. The van der Waals surface area contributed by atoms with Crippen molar-refractivity contribution < 1.29 is 28.7 Å². The number of carbonyl (C=O) groups excluding carboxylic acids is 5. The molecule has 6 atom stereocenters. The number of rotatable bonds is 5. The third kappa shape index (κ3) is 7.02. The van der Waals surface area contributed by atoms with Crippen molar-refractivity contribution in [2.24, 2.45) is 17.3 Å². The molecule has 232 valence electrons. The number of hydrogen-bond donors (Lipinski definition) is 1. The molecule has 5 rings (SSSR count). The Labute approximate surface area is 254 Å². The van der Waals surface area contributed by atoms with E-state index in [9.17, 15) is 24.0 Å². The van der Waals surface area contributed by atoms with Crippen LogP contribution in [-0.4, -0.2) is 70.6 Å². The van der Waals surface area contributed by atoms with E-state index in [-0.39, 0.29) is 54.7 Å². The molecule has 1 saturated carbocycles. The van der Waals surface area contributed by atoms with Crippen LogP contribution in [0.15, 0.2) is 42.5 Å². The molecule has 3 heterocycles. The normalized spacial score (nSPS) is 32.2. The number of likely N-dealkylation sites (tertiary alicyclic amines) is 1. The first-order chi connectivity index (χ1) is 20.7. The van der Waals surface area contributed by atoms with Crippen LogP contribution in [0.5, 0.6) is 0 Å². The van der Waals surface area contributed by atoms with Crippen molar-refractivity contribution in [2.75, 3.05) is 13.1 Å². The number of benzene rings is 1. The van der Waals surface area contributed by atoms with Gasteiger partial charge in [-0.15, -0.1) is 0 Å². The average Bonchev–Trinajstić information content (AvgIpc) is 3.30. The Bertz CT molecular complexity index is 1250. The summed E-state index contributed by atoms with van der Waals surface area (Å²) < 4.78 is 5.46. The highest BCUT2D eigenvalue weighted by Gasteiger charge is 2.62. The number of nitrogens with zero attached hydrogens (tertiary/aromatic N) is 2. The molecule has 0 unspecified atom stereocenters. The molecular weight excluding hydrogens is 546 g/mol. The van der Waals surface area contributed by atoms with E-state index < -0.39 is 29.6 Å². The number of ether oxygens (including phenoxy) is 1. The van der Waals surface area contributed by atoms with Gasteiger partial charge < -0.3 is 19.9 Å². The van der Waals surface area contributed by atoms with E-state index in [4.69, 9.17) is 4.74 Å². The van der Waals surface area contributed by atoms with Gasteiger partial charge in [-0.25, -0.2) is 0 Å². The summed E-state index contributed by atoms with van der Waals surface area (Å²) in [7, 11) is 0. The first-order valence-electron chi connectivity index (χ1n) is 16.0. The summed E-state index contributed by atoms with van der Waals surface area (Å²) in [6.07, 6.45) is 10.4. The Morgan fingerprint density at radius 2 is 1.84 bits per heavy atom. The molecule has 3 aliphatic heterocycles. The van der Waals surface area contributed by atoms with Crippen molar-refractivity contribution in [1.82, 2.24) is 15.1 Å². The highest BCUT2D eigenvalue weighted by Crippen LogP contribution is 2.58. The zero-order valence-corrected chi connectivity index (χ0v) is 25.5. The second-order valence-electron chi connectivity index (χ2n) is 12.9. The summed E-state index contributed by atoms with van der Waals surface area (Å²) in [5.74, 6) is -1.34. The van der Waals surface area contributed by atoms with Gasteiger partial charge in [0.25, 0.3) is 0 Å². The lowest BCUT2D eigenvalue weighted by atomic mass is 9.90. The van der Waals surface area contributed by atoms with Gasteiger partial charge in [0, 0.05) is 38.8 Å². The highest BCUT2D eigenvalue weighted by molar-refractivity contribution is 5.98. The second kappa shape index (κ2) is 13.4. The van der Waals surface area contributed by atoms with E-state index in [1.807, 2.05) is 37.3 Å². The average molecular weight is 592 g/mol. The molecule has 1 N–H and O–H groups in total. The molecule has 1 aromatic carbocycles. The molecule has 1 aromatic rings. The smallest absolute Gasteiger partial charge is 0.302 e. The van der Waals surface area contributed by atoms with Crippen LogP contribution in [0, 0.1) is 17.3 Å². The van der Waals surface area contributed by atoms with E-state index in [2.05, 4.69) is 17.5 Å². The number of carbonyl (C=O) groups is 5. The Balaban J connectivity index is 1.36. The summed E-state index contributed by atoms with van der Waals surface area (Å²) in [5, 5.41) is 3.00. The first-order valence-corrected chi connectivity index (χ1v) is 16.0. The van der Waals surface area contributed by atoms with Crippen LogP contribution in [0.2, 0.25) is 0 Å². The molecule has 0 radical (unpaired) electrons. The minimum atomic E-state index is -0.921. The molecule has 9 heteroatoms. The minimum Gasteiger partial charge on any atom is -0.461 e. The van der Waals surface area contributed by atoms with E-state index in [0.29, 0.717) is 25.9 Å². The first kappa shape index (κ1) is 31.0. The summed E-state index contributed by atoms with van der Waals surface area (Å²) in [5.41, 5.74) is 0.0674. The van der Waals surface area contributed by atoms with Gasteiger partial charge in [-0.3, -0.25) is 24.0 Å². The number of allylic oxidation sites excluding steroid dienone is 2. The molecule has 4 aliphatic rings. The summed E-state index contributed by atoms with van der Waals surface area (Å²) in [4.78, 5) is 70.2. The van der Waals surface area contributed by atoms with E-state index >= 15 is 0 Å². The third-order valence-electron chi connectivity index (χ3n) is 9.72. The summed E-state index contributed by atoms with van der Waals surface area (Å²) in [6, 6.07) is 8.37. The lowest BCUT2D eigenvalue weighted by Crippen LogP contribution is -2.50. The monoisotopic (exact) mass is 591 g/mol. The number of hydrogen-bond acceptors (Lipinski definition) is 6. The molecule has 0 spiro atoms. The number of esters is 1. The molecule has 3 amide bonds. The van der Waals surface area contributed by atoms with Crippen LogP contribution < -0.4 is 5.32 Å². The van der Waals surface area contributed by atoms with Gasteiger partial charge in [-0.05, 0) is 50.0 Å². The second-order valence-corrected chi connectivity index (χ2v) is 12.9. The van der Waals surface area contributed by atoms with Crippen molar-refractivity contribution in [3.63, 3.8) is 0 Å². The lowest BCUT2D eigenvalue weighted by molar-refractivity contribution is -0.147. The number of ketones is 1. The Morgan fingerprint density at radius 3 is 2.60 bits per heavy atom. The minimum absolute atomic E-state index is 0.00527. The van der Waals surface area contributed by atoms with Gasteiger partial charge in [-0.2, -0.15) is 0 Å². The number of amides is 3. The predicted molar refractivity (Wildman–Crippen MR) is 160 cm³/mol. The molecule has 9 nitrogen and oxygen atoms in total. The number of Topliss-reactive ketones (excluding diaryl/α,β-unsaturated/α-hetero) is 1. The molecule has 1 aliphatic carbocycles. The van der Waals surface area contributed by atoms with Crippen LogP contribution in [0.3, 0.4) is 0 Å². The van der Waals surface area contributed by atoms with Crippen molar-refractivity contribution in [3.8, 4) is 0 Å². The van der Waals surface area contributed by atoms with Gasteiger partial charge >= 0.3 is 5.97 Å². The zero-order chi connectivity index (χ0) is 30.6. The van der Waals surface area contributed by atoms with E-state index in [1.165, 1.54) is 6.92 Å². The fourth-order valence-electron chi connectivity index (χ4n) is 7.23. The van der Waals surface area contributed by atoms with Crippen LogP contribution in [-0.2, 0) is 35.3 Å². The maximum absolute atomic E-state index is 14.3. The number of fused-ring (bicyclic) bond motifs is 2. The quantitative estimate of drug-likeness (QED) is 0.410. The van der Waals surface area contributed by atoms with Gasteiger partial charge in [0.05, 0.1) is 18.0 Å². The van der Waals surface area contributed by atoms with Crippen molar-refractivity contribution in [3.05, 3.63) is 48.0 Å². The van der Waals surface area contributed by atoms with Gasteiger partial charge in [0.2, 0.25) is 17.7 Å². The molecule has 0 bridgehead atoms. The number of nitrogens with one attached hydrogen (secondary N) is 1. The Hall–Kier alpha value is -3.49. The topological polar surface area (TPSA) is 113 Å². The fraction of sp³-hybridized carbons (Fsp3) is 0.618. The van der Waals surface area contributed by atoms with Crippen LogP contribution in [0.25, 0.3) is 0 Å². The maximum Gasteiger partial charge on any atom is 0.302 e. The zero-order valence-electron chi connectivity index (χ0n) is 25.5. The SMILES string of the molecule is CC(=O)O[C@@H]1C[C@H]2C(=O)C[C@]3(C(=O)N4CCC[C@H]4C(=O)NCc4ccccc4)C[C@@H]3/C=C\CCCCC[C@H](C)C(=O)N2C1. The molecule has 43 heavy (non-hydrogen) atoms. The van der Waals surface area contributed by atoms with Gasteiger partial charge in [-0.1, -0.05) is 62.2 Å². The van der Waals surface area contributed by atoms with Crippen LogP contribution in [0.4, 0.5) is 0 Å². The van der Waals surface area contributed by atoms with Gasteiger partial charge in [0.1, 0.15) is 12.1 Å². The van der Waals surface area contributed by atoms with Crippen molar-refractivity contribution in [1.29, 1.82) is 0 Å². The molecule has 3 fully saturated rings. The van der Waals surface area contributed by atoms with Gasteiger partial charge in [0.15, 0.2) is 5.78 Å². The van der Waals surface area contributed by atoms with Crippen molar-refractivity contribution >= 4 is 29.5 Å². The standard InChI is InChI=1S/C34H45N3O6/c1-23-12-7-4-3-5-10-15-26-19-34(26,20-30(39)29-18-27(43-24(2)38)22-37(29)32(23)41)33(42)36-17-11-16-28(36)31(40)35-21-25-13-8-6-9-14-25/h6,8-10,13-15,23,26-29H,3-5,7,11-12,16-22H2,1-2H3,(H,35,40)/b15-10-/t23-,26-,27+,28-,29-,34+/m0/s1. The Morgan fingerprint density at radius 1 is 1.05 bits per heavy atom. The third-order valence-corrected chi connectivity index (χ3v) is 9.72. The lowest BCUT2D eigenvalue weighted by Gasteiger charge is -2.31. The largest absolute Gasteiger partial charge is 0.461 e. The van der Waals surface area contributed by atoms with E-state index in [1.54, 1.807) is 9.80 Å². The predicted octanol–water partition coefficient (Wildman–Crippen LogP) is 3.95.